The number of anilines is 1. The van der Waals surface area contributed by atoms with Crippen LogP contribution in [-0.4, -0.2) is 58.8 Å². The Bertz CT molecular complexity index is 1410. The molecule has 12 heteroatoms. The Labute approximate surface area is 222 Å². The van der Waals surface area contributed by atoms with E-state index in [-0.39, 0.29) is 28.2 Å². The average molecular weight is 549 g/mol. The minimum absolute atomic E-state index is 0.00577. The molecule has 2 aromatic carbocycles. The van der Waals surface area contributed by atoms with E-state index in [9.17, 15) is 27.2 Å². The van der Waals surface area contributed by atoms with Gasteiger partial charge in [0.05, 0.1) is 23.8 Å². The van der Waals surface area contributed by atoms with Crippen molar-refractivity contribution in [3.8, 4) is 11.1 Å². The lowest BCUT2D eigenvalue weighted by molar-refractivity contribution is -0.137. The SMILES string of the molecule is COC(=O)c1cc(-c2ccc(C(F)(F)F)cc2F)cc2c(N[C@H]3CCCN(C(=O)OC(C)(C)C)C3)ncnc12. The first-order valence-electron chi connectivity index (χ1n) is 12.3. The molecule has 1 atom stereocenters. The van der Waals surface area contributed by atoms with E-state index in [1.165, 1.54) is 25.6 Å². The maximum atomic E-state index is 14.9. The highest BCUT2D eigenvalue weighted by Gasteiger charge is 2.32. The summed E-state index contributed by atoms with van der Waals surface area (Å²) in [7, 11) is 1.17. The second kappa shape index (κ2) is 10.7. The van der Waals surface area contributed by atoms with E-state index < -0.39 is 35.2 Å². The standard InChI is InChI=1S/C27H28F4N4O4/c1-26(2,3)39-25(37)35-9-5-6-17(13-35)34-23-19-10-15(11-20(24(36)38-4)22(19)32-14-33-23)18-8-7-16(12-21(18)28)27(29,30)31/h7-8,10-12,14,17H,5-6,9,13H2,1-4H3,(H,32,33,34)/t17-/m0/s1. The first-order valence-corrected chi connectivity index (χ1v) is 12.3. The number of carbonyl (C=O) groups excluding carboxylic acids is 2. The Balaban J connectivity index is 1.73. The molecule has 4 rings (SSSR count). The molecule has 0 unspecified atom stereocenters. The number of piperidine rings is 1. The summed E-state index contributed by atoms with van der Waals surface area (Å²) in [6.07, 6.45) is -2.48. The van der Waals surface area contributed by atoms with Crippen LogP contribution in [0.25, 0.3) is 22.0 Å². The number of carbonyl (C=O) groups is 2. The summed E-state index contributed by atoms with van der Waals surface area (Å²) >= 11 is 0. The lowest BCUT2D eigenvalue weighted by Gasteiger charge is -2.34. The van der Waals surface area contributed by atoms with E-state index in [4.69, 9.17) is 9.47 Å². The molecule has 1 saturated heterocycles. The maximum absolute atomic E-state index is 14.9. The third-order valence-electron chi connectivity index (χ3n) is 6.17. The van der Waals surface area contributed by atoms with Crippen molar-refractivity contribution < 1.29 is 36.6 Å². The fourth-order valence-corrected chi connectivity index (χ4v) is 4.41. The van der Waals surface area contributed by atoms with E-state index in [0.717, 1.165) is 12.1 Å². The number of likely N-dealkylation sites (tertiary alicyclic amines) is 1. The van der Waals surface area contributed by atoms with E-state index in [1.54, 1.807) is 25.7 Å². The molecule has 1 aliphatic heterocycles. The molecule has 0 saturated carbocycles. The van der Waals surface area contributed by atoms with Crippen LogP contribution in [0, 0.1) is 5.82 Å². The van der Waals surface area contributed by atoms with E-state index in [0.29, 0.717) is 43.2 Å². The predicted octanol–water partition coefficient (Wildman–Crippen LogP) is 6.05. The van der Waals surface area contributed by atoms with Gasteiger partial charge in [0.15, 0.2) is 0 Å². The largest absolute Gasteiger partial charge is 0.465 e. The normalized spacial score (nSPS) is 16.2. The number of amides is 1. The van der Waals surface area contributed by atoms with Crippen LogP contribution in [0.15, 0.2) is 36.7 Å². The lowest BCUT2D eigenvalue weighted by Crippen LogP contribution is -2.47. The van der Waals surface area contributed by atoms with Gasteiger partial charge in [-0.05, 0) is 63.4 Å². The number of alkyl halides is 3. The van der Waals surface area contributed by atoms with Crippen molar-refractivity contribution in [2.24, 2.45) is 0 Å². The van der Waals surface area contributed by atoms with Crippen LogP contribution in [-0.2, 0) is 15.7 Å². The molecular weight excluding hydrogens is 520 g/mol. The maximum Gasteiger partial charge on any atom is 0.416 e. The van der Waals surface area contributed by atoms with Crippen LogP contribution in [0.2, 0.25) is 0 Å². The highest BCUT2D eigenvalue weighted by Crippen LogP contribution is 2.35. The zero-order valence-corrected chi connectivity index (χ0v) is 21.9. The van der Waals surface area contributed by atoms with E-state index in [2.05, 4.69) is 15.3 Å². The van der Waals surface area contributed by atoms with Gasteiger partial charge >= 0.3 is 18.2 Å². The number of hydrogen-bond acceptors (Lipinski definition) is 7. The predicted molar refractivity (Wildman–Crippen MR) is 136 cm³/mol. The molecule has 0 aliphatic carbocycles. The number of benzene rings is 2. The Morgan fingerprint density at radius 2 is 1.85 bits per heavy atom. The first-order chi connectivity index (χ1) is 18.3. The zero-order valence-electron chi connectivity index (χ0n) is 21.9. The van der Waals surface area contributed by atoms with Crippen LogP contribution in [0.1, 0.15) is 49.5 Å². The molecule has 1 N–H and O–H groups in total. The van der Waals surface area contributed by atoms with Crippen molar-refractivity contribution in [3.63, 3.8) is 0 Å². The molecule has 8 nitrogen and oxygen atoms in total. The van der Waals surface area contributed by atoms with Gasteiger partial charge in [0.25, 0.3) is 0 Å². The number of nitrogens with one attached hydrogen (secondary N) is 1. The number of methoxy groups -OCH3 is 1. The van der Waals surface area contributed by atoms with E-state index >= 15 is 0 Å². The molecule has 1 amide bonds. The van der Waals surface area contributed by atoms with Crippen molar-refractivity contribution >= 4 is 28.8 Å². The molecule has 0 radical (unpaired) electrons. The number of rotatable bonds is 4. The Hall–Kier alpha value is -3.96. The molecular formula is C27H28F4N4O4. The second-order valence-corrected chi connectivity index (χ2v) is 10.2. The minimum atomic E-state index is -4.71. The molecule has 3 aromatic rings. The molecule has 1 aromatic heterocycles. The summed E-state index contributed by atoms with van der Waals surface area (Å²) in [5.74, 6) is -1.55. The van der Waals surface area contributed by atoms with Gasteiger partial charge in [0.1, 0.15) is 23.6 Å². The van der Waals surface area contributed by atoms with Crippen molar-refractivity contribution in [1.82, 2.24) is 14.9 Å². The van der Waals surface area contributed by atoms with Crippen LogP contribution in [0.4, 0.5) is 28.2 Å². The zero-order chi connectivity index (χ0) is 28.5. The first kappa shape index (κ1) is 28.1. The Kier molecular flexibility index (Phi) is 7.67. The molecule has 1 aliphatic rings. The molecule has 1 fully saturated rings. The molecule has 2 heterocycles. The number of nitrogens with zero attached hydrogens (tertiary/aromatic N) is 3. The van der Waals surface area contributed by atoms with Gasteiger partial charge in [-0.15, -0.1) is 0 Å². The quantitative estimate of drug-likeness (QED) is 0.313. The second-order valence-electron chi connectivity index (χ2n) is 10.2. The van der Waals surface area contributed by atoms with Crippen molar-refractivity contribution in [1.29, 1.82) is 0 Å². The third-order valence-corrected chi connectivity index (χ3v) is 6.17. The van der Waals surface area contributed by atoms with Gasteiger partial charge in [-0.2, -0.15) is 13.2 Å². The monoisotopic (exact) mass is 548 g/mol. The van der Waals surface area contributed by atoms with Crippen LogP contribution in [0.5, 0.6) is 0 Å². The Morgan fingerprint density at radius 1 is 1.10 bits per heavy atom. The highest BCUT2D eigenvalue weighted by atomic mass is 19.4. The smallest absolute Gasteiger partial charge is 0.416 e. The number of esters is 1. The minimum Gasteiger partial charge on any atom is -0.465 e. The van der Waals surface area contributed by atoms with Gasteiger partial charge in [0.2, 0.25) is 0 Å². The topological polar surface area (TPSA) is 93.7 Å². The Morgan fingerprint density at radius 3 is 2.49 bits per heavy atom. The number of hydrogen-bond donors (Lipinski definition) is 1. The van der Waals surface area contributed by atoms with Gasteiger partial charge in [0, 0.05) is 30.1 Å². The van der Waals surface area contributed by atoms with Crippen molar-refractivity contribution in [2.45, 2.75) is 51.4 Å². The fourth-order valence-electron chi connectivity index (χ4n) is 4.41. The third kappa shape index (κ3) is 6.37. The molecule has 39 heavy (non-hydrogen) atoms. The molecule has 0 spiro atoms. The van der Waals surface area contributed by atoms with Gasteiger partial charge in [-0.1, -0.05) is 6.07 Å². The van der Waals surface area contributed by atoms with Crippen LogP contribution in [0.3, 0.4) is 0 Å². The number of ether oxygens (including phenoxy) is 2. The summed E-state index contributed by atoms with van der Waals surface area (Å²) in [4.78, 5) is 35.3. The van der Waals surface area contributed by atoms with Crippen LogP contribution >= 0.6 is 0 Å². The fraction of sp³-hybridized carbons (Fsp3) is 0.407. The lowest BCUT2D eigenvalue weighted by atomic mass is 9.97. The van der Waals surface area contributed by atoms with Crippen molar-refractivity contribution in [3.05, 3.63) is 53.6 Å². The van der Waals surface area contributed by atoms with Crippen LogP contribution < -0.4 is 5.32 Å². The average Bonchev–Trinajstić information content (AvgIpc) is 2.86. The molecule has 208 valence electrons. The van der Waals surface area contributed by atoms with Gasteiger partial charge < -0.3 is 19.7 Å². The number of fused-ring (bicyclic) bond motifs is 1. The highest BCUT2D eigenvalue weighted by molar-refractivity contribution is 6.07. The summed E-state index contributed by atoms with van der Waals surface area (Å²) in [5, 5.41) is 3.62. The number of aromatic nitrogens is 2. The summed E-state index contributed by atoms with van der Waals surface area (Å²) in [5.41, 5.74) is -1.56. The van der Waals surface area contributed by atoms with Gasteiger partial charge in [-0.3, -0.25) is 0 Å². The van der Waals surface area contributed by atoms with E-state index in [1.807, 2.05) is 0 Å². The summed E-state index contributed by atoms with van der Waals surface area (Å²) in [6, 6.07) is 4.79. The summed E-state index contributed by atoms with van der Waals surface area (Å²) in [6.45, 7) is 6.22. The van der Waals surface area contributed by atoms with Crippen molar-refractivity contribution in [2.75, 3.05) is 25.5 Å². The molecule has 0 bridgehead atoms. The summed E-state index contributed by atoms with van der Waals surface area (Å²) < 4.78 is 64.5. The number of halogens is 4. The van der Waals surface area contributed by atoms with Gasteiger partial charge in [-0.25, -0.2) is 23.9 Å².